The van der Waals surface area contributed by atoms with Crippen LogP contribution < -0.4 is 5.32 Å². The standard InChI is InChI=1S/C12H16N4O3S/c17-10(15-12-13-2-1-3-14-12)7-16-4-5-20-8-9(16)6-11(18)19/h1-3,9H,4-8H2,(H,18,19)(H,13,14,15,17). The highest BCUT2D eigenvalue weighted by atomic mass is 32.2. The largest absolute Gasteiger partial charge is 0.481 e. The third-order valence-corrected chi connectivity index (χ3v) is 4.02. The van der Waals surface area contributed by atoms with Gasteiger partial charge in [-0.15, -0.1) is 0 Å². The Morgan fingerprint density at radius 3 is 2.90 bits per heavy atom. The number of anilines is 1. The number of amides is 1. The number of carboxylic acid groups (broad SMARTS) is 1. The van der Waals surface area contributed by atoms with E-state index >= 15 is 0 Å². The first-order valence-electron chi connectivity index (χ1n) is 6.25. The van der Waals surface area contributed by atoms with Crippen LogP contribution in [0.1, 0.15) is 6.42 Å². The molecule has 1 aliphatic rings. The molecule has 1 aromatic rings. The minimum absolute atomic E-state index is 0.0577. The van der Waals surface area contributed by atoms with Gasteiger partial charge in [-0.1, -0.05) is 0 Å². The fourth-order valence-corrected chi connectivity index (χ4v) is 3.13. The predicted octanol–water partition coefficient (Wildman–Crippen LogP) is 0.307. The van der Waals surface area contributed by atoms with Crippen molar-refractivity contribution in [1.82, 2.24) is 14.9 Å². The summed E-state index contributed by atoms with van der Waals surface area (Å²) in [6, 6.07) is 1.56. The lowest BCUT2D eigenvalue weighted by atomic mass is 10.2. The molecule has 1 aliphatic heterocycles. The zero-order valence-electron chi connectivity index (χ0n) is 10.9. The van der Waals surface area contributed by atoms with Crippen LogP contribution in [0.4, 0.5) is 5.95 Å². The van der Waals surface area contributed by atoms with Crippen molar-refractivity contribution in [2.45, 2.75) is 12.5 Å². The molecule has 8 heteroatoms. The van der Waals surface area contributed by atoms with E-state index in [1.165, 1.54) is 0 Å². The van der Waals surface area contributed by atoms with Crippen molar-refractivity contribution < 1.29 is 14.7 Å². The van der Waals surface area contributed by atoms with E-state index < -0.39 is 5.97 Å². The maximum absolute atomic E-state index is 11.9. The number of hydrogen-bond acceptors (Lipinski definition) is 6. The SMILES string of the molecule is O=C(O)CC1CSCCN1CC(=O)Nc1ncccn1. The van der Waals surface area contributed by atoms with Crippen LogP contribution in [-0.4, -0.2) is 62.5 Å². The Kier molecular flexibility index (Phi) is 5.31. The van der Waals surface area contributed by atoms with E-state index in [9.17, 15) is 9.59 Å². The quantitative estimate of drug-likeness (QED) is 0.807. The second-order valence-corrected chi connectivity index (χ2v) is 5.57. The molecule has 7 nitrogen and oxygen atoms in total. The van der Waals surface area contributed by atoms with E-state index in [1.54, 1.807) is 30.2 Å². The van der Waals surface area contributed by atoms with E-state index in [1.807, 2.05) is 4.90 Å². The Morgan fingerprint density at radius 1 is 1.45 bits per heavy atom. The molecule has 1 unspecified atom stereocenters. The molecule has 1 atom stereocenters. The highest BCUT2D eigenvalue weighted by Crippen LogP contribution is 2.18. The first-order valence-corrected chi connectivity index (χ1v) is 7.41. The summed E-state index contributed by atoms with van der Waals surface area (Å²) in [5.74, 6) is 0.846. The number of nitrogens with one attached hydrogen (secondary N) is 1. The Bertz CT molecular complexity index is 471. The molecule has 0 saturated carbocycles. The Hall–Kier alpha value is -1.67. The molecule has 2 heterocycles. The maximum atomic E-state index is 11.9. The number of nitrogens with zero attached hydrogens (tertiary/aromatic N) is 3. The lowest BCUT2D eigenvalue weighted by Gasteiger charge is -2.33. The van der Waals surface area contributed by atoms with Gasteiger partial charge in [0.25, 0.3) is 0 Å². The number of rotatable bonds is 5. The smallest absolute Gasteiger partial charge is 0.304 e. The van der Waals surface area contributed by atoms with Gasteiger partial charge >= 0.3 is 5.97 Å². The zero-order valence-corrected chi connectivity index (χ0v) is 11.7. The van der Waals surface area contributed by atoms with Gasteiger partial charge in [0, 0.05) is 36.5 Å². The van der Waals surface area contributed by atoms with Crippen molar-refractivity contribution >= 4 is 29.6 Å². The molecule has 0 radical (unpaired) electrons. The zero-order chi connectivity index (χ0) is 14.4. The summed E-state index contributed by atoms with van der Waals surface area (Å²) in [4.78, 5) is 32.5. The first kappa shape index (κ1) is 14.7. The van der Waals surface area contributed by atoms with Crippen molar-refractivity contribution in [2.24, 2.45) is 0 Å². The van der Waals surface area contributed by atoms with Gasteiger partial charge in [-0.05, 0) is 6.07 Å². The highest BCUT2D eigenvalue weighted by Gasteiger charge is 2.26. The van der Waals surface area contributed by atoms with Crippen LogP contribution in [0.25, 0.3) is 0 Å². The van der Waals surface area contributed by atoms with Crippen molar-refractivity contribution in [3.8, 4) is 0 Å². The van der Waals surface area contributed by atoms with Crippen molar-refractivity contribution in [1.29, 1.82) is 0 Å². The molecule has 0 aliphatic carbocycles. The van der Waals surface area contributed by atoms with Gasteiger partial charge < -0.3 is 5.11 Å². The molecule has 0 spiro atoms. The molecule has 1 amide bonds. The number of hydrogen-bond donors (Lipinski definition) is 2. The topological polar surface area (TPSA) is 95.4 Å². The van der Waals surface area contributed by atoms with Crippen LogP contribution in [0.2, 0.25) is 0 Å². The third-order valence-electron chi connectivity index (χ3n) is 2.92. The number of carbonyl (C=O) groups excluding carboxylic acids is 1. The van der Waals surface area contributed by atoms with Crippen LogP contribution in [0.3, 0.4) is 0 Å². The summed E-state index contributed by atoms with van der Waals surface area (Å²) in [6.07, 6.45) is 3.16. The number of aromatic nitrogens is 2. The second-order valence-electron chi connectivity index (χ2n) is 4.42. The highest BCUT2D eigenvalue weighted by molar-refractivity contribution is 7.99. The number of carboxylic acids is 1. The predicted molar refractivity (Wildman–Crippen MR) is 75.6 cm³/mol. The van der Waals surface area contributed by atoms with Crippen LogP contribution >= 0.6 is 11.8 Å². The van der Waals surface area contributed by atoms with E-state index in [-0.39, 0.29) is 30.9 Å². The molecule has 1 fully saturated rings. The average Bonchev–Trinajstić information content (AvgIpc) is 2.41. The summed E-state index contributed by atoms with van der Waals surface area (Å²) in [7, 11) is 0. The number of thioether (sulfide) groups is 1. The first-order chi connectivity index (χ1) is 9.65. The van der Waals surface area contributed by atoms with Crippen LogP contribution in [0, 0.1) is 0 Å². The molecule has 2 N–H and O–H groups in total. The molecule has 108 valence electrons. The Morgan fingerprint density at radius 2 is 2.20 bits per heavy atom. The van der Waals surface area contributed by atoms with Gasteiger partial charge in [-0.2, -0.15) is 11.8 Å². The molecule has 2 rings (SSSR count). The normalized spacial score (nSPS) is 19.5. The summed E-state index contributed by atoms with van der Waals surface area (Å²) < 4.78 is 0. The maximum Gasteiger partial charge on any atom is 0.304 e. The minimum atomic E-state index is -0.839. The van der Waals surface area contributed by atoms with Crippen LogP contribution in [0.15, 0.2) is 18.5 Å². The summed E-state index contributed by atoms with van der Waals surface area (Å²) in [5.41, 5.74) is 0. The average molecular weight is 296 g/mol. The lowest BCUT2D eigenvalue weighted by Crippen LogP contribution is -2.47. The van der Waals surface area contributed by atoms with Gasteiger partial charge in [0.05, 0.1) is 13.0 Å². The summed E-state index contributed by atoms with van der Waals surface area (Å²) >= 11 is 1.72. The van der Waals surface area contributed by atoms with Gasteiger partial charge in [-0.3, -0.25) is 19.8 Å². The van der Waals surface area contributed by atoms with E-state index in [0.29, 0.717) is 6.54 Å². The molecular weight excluding hydrogens is 280 g/mol. The minimum Gasteiger partial charge on any atom is -0.481 e. The van der Waals surface area contributed by atoms with Crippen LogP contribution in [-0.2, 0) is 9.59 Å². The fraction of sp³-hybridized carbons (Fsp3) is 0.500. The second kappa shape index (κ2) is 7.20. The monoisotopic (exact) mass is 296 g/mol. The molecule has 1 aromatic heterocycles. The van der Waals surface area contributed by atoms with Crippen molar-refractivity contribution in [3.63, 3.8) is 0 Å². The Balaban J connectivity index is 1.89. The van der Waals surface area contributed by atoms with E-state index in [4.69, 9.17) is 5.11 Å². The van der Waals surface area contributed by atoms with Gasteiger partial charge in [0.1, 0.15) is 0 Å². The molecule has 20 heavy (non-hydrogen) atoms. The van der Waals surface area contributed by atoms with Crippen molar-refractivity contribution in [2.75, 3.05) is 29.9 Å². The summed E-state index contributed by atoms with van der Waals surface area (Å²) in [6.45, 7) is 0.877. The third kappa shape index (κ3) is 4.46. The number of carbonyl (C=O) groups is 2. The number of aliphatic carboxylic acids is 1. The fourth-order valence-electron chi connectivity index (χ4n) is 2.00. The Labute approximate surface area is 120 Å². The van der Waals surface area contributed by atoms with Gasteiger partial charge in [0.15, 0.2) is 0 Å². The van der Waals surface area contributed by atoms with Gasteiger partial charge in [-0.25, -0.2) is 9.97 Å². The summed E-state index contributed by atoms with van der Waals surface area (Å²) in [5, 5.41) is 11.5. The van der Waals surface area contributed by atoms with Crippen LogP contribution in [0.5, 0.6) is 0 Å². The molecule has 0 bridgehead atoms. The molecule has 0 aromatic carbocycles. The van der Waals surface area contributed by atoms with E-state index in [0.717, 1.165) is 11.5 Å². The van der Waals surface area contributed by atoms with Gasteiger partial charge in [0.2, 0.25) is 11.9 Å². The van der Waals surface area contributed by atoms with Crippen molar-refractivity contribution in [3.05, 3.63) is 18.5 Å². The lowest BCUT2D eigenvalue weighted by molar-refractivity contribution is -0.138. The van der Waals surface area contributed by atoms with E-state index in [2.05, 4.69) is 15.3 Å². The molecular formula is C12H16N4O3S. The molecule has 1 saturated heterocycles.